The predicted molar refractivity (Wildman–Crippen MR) is 108 cm³/mol. The maximum absolute atomic E-state index is 12.7. The Kier molecular flexibility index (Phi) is 4.94. The molecule has 0 saturated carbocycles. The Morgan fingerprint density at radius 1 is 0.889 bits per heavy atom. The van der Waals surface area contributed by atoms with E-state index in [0.29, 0.717) is 16.5 Å². The van der Waals surface area contributed by atoms with Crippen molar-refractivity contribution in [3.63, 3.8) is 0 Å². The van der Waals surface area contributed by atoms with Gasteiger partial charge in [0.2, 0.25) is 0 Å². The fourth-order valence-corrected chi connectivity index (χ4v) is 3.20. The first kappa shape index (κ1) is 17.0. The lowest BCUT2D eigenvalue weighted by atomic mass is 10.0. The lowest BCUT2D eigenvalue weighted by molar-refractivity contribution is 0.102. The largest absolute Gasteiger partial charge is 0.431 e. The maximum atomic E-state index is 12.7. The third-order valence-electron chi connectivity index (χ3n) is 3.99. The average Bonchev–Trinajstić information content (AvgIpc) is 3.23. The number of rotatable bonds is 5. The van der Waals surface area contributed by atoms with Crippen LogP contribution in [0.3, 0.4) is 0 Å². The van der Waals surface area contributed by atoms with E-state index in [2.05, 4.69) is 10.3 Å². The van der Waals surface area contributed by atoms with Crippen molar-refractivity contribution in [2.45, 2.75) is 0 Å². The number of carbonyl (C=O) groups excluding carboxylic acids is 1. The molecule has 0 unspecified atom stereocenters. The molecule has 27 heavy (non-hydrogen) atoms. The molecule has 5 heteroatoms. The van der Waals surface area contributed by atoms with Crippen LogP contribution in [-0.4, -0.2) is 10.9 Å². The molecule has 132 valence electrons. The van der Waals surface area contributed by atoms with Crippen LogP contribution in [0.25, 0.3) is 11.1 Å². The normalized spacial score (nSPS) is 10.4. The zero-order chi connectivity index (χ0) is 18.5. The molecule has 0 bridgehead atoms. The minimum Gasteiger partial charge on any atom is -0.431 e. The molecule has 1 heterocycles. The zero-order valence-electron chi connectivity index (χ0n) is 14.3. The van der Waals surface area contributed by atoms with Crippen molar-refractivity contribution in [3.05, 3.63) is 96.0 Å². The highest BCUT2D eigenvalue weighted by Gasteiger charge is 2.10. The standard InChI is InChI=1S/C22H16N2O2S/c25-21(17-10-12-18(13-11-17)26-22-23-14-15-27-22)24-20-9-5-4-8-19(20)16-6-2-1-3-7-16/h1-15H,(H,24,25). The van der Waals surface area contributed by atoms with E-state index in [0.717, 1.165) is 16.8 Å². The van der Waals surface area contributed by atoms with Gasteiger partial charge in [0.25, 0.3) is 11.1 Å². The molecule has 0 radical (unpaired) electrons. The summed E-state index contributed by atoms with van der Waals surface area (Å²) in [6, 6.07) is 24.8. The molecule has 4 rings (SSSR count). The summed E-state index contributed by atoms with van der Waals surface area (Å²) in [7, 11) is 0. The summed E-state index contributed by atoms with van der Waals surface area (Å²) in [4.78, 5) is 16.7. The van der Waals surface area contributed by atoms with E-state index in [1.54, 1.807) is 30.5 Å². The molecule has 4 aromatic rings. The predicted octanol–water partition coefficient (Wildman–Crippen LogP) is 5.85. The first-order valence-electron chi connectivity index (χ1n) is 8.43. The van der Waals surface area contributed by atoms with Crippen LogP contribution < -0.4 is 10.1 Å². The summed E-state index contributed by atoms with van der Waals surface area (Å²) in [5.74, 6) is 0.477. The summed E-state index contributed by atoms with van der Waals surface area (Å²) in [6.07, 6.45) is 1.69. The Morgan fingerprint density at radius 3 is 2.37 bits per heavy atom. The number of hydrogen-bond donors (Lipinski definition) is 1. The van der Waals surface area contributed by atoms with Crippen molar-refractivity contribution in [3.8, 4) is 22.1 Å². The molecular formula is C22H16N2O2S. The maximum Gasteiger partial charge on any atom is 0.278 e. The number of anilines is 1. The highest BCUT2D eigenvalue weighted by atomic mass is 32.1. The monoisotopic (exact) mass is 372 g/mol. The summed E-state index contributed by atoms with van der Waals surface area (Å²) >= 11 is 1.42. The van der Waals surface area contributed by atoms with Crippen LogP contribution in [-0.2, 0) is 0 Å². The van der Waals surface area contributed by atoms with E-state index in [1.165, 1.54) is 11.3 Å². The van der Waals surface area contributed by atoms with Crippen LogP contribution >= 0.6 is 11.3 Å². The molecule has 1 amide bonds. The Hall–Kier alpha value is -3.44. The molecule has 1 N–H and O–H groups in total. The zero-order valence-corrected chi connectivity index (χ0v) is 15.1. The van der Waals surface area contributed by atoms with E-state index in [4.69, 9.17) is 4.74 Å². The van der Waals surface area contributed by atoms with Gasteiger partial charge in [-0.25, -0.2) is 4.98 Å². The molecule has 0 aliphatic heterocycles. The molecule has 0 aliphatic rings. The number of aromatic nitrogens is 1. The van der Waals surface area contributed by atoms with Crippen LogP contribution in [0.1, 0.15) is 10.4 Å². The van der Waals surface area contributed by atoms with Crippen LogP contribution in [0.2, 0.25) is 0 Å². The van der Waals surface area contributed by atoms with E-state index < -0.39 is 0 Å². The number of thiazole rings is 1. The molecule has 0 aliphatic carbocycles. The van der Waals surface area contributed by atoms with Crippen LogP contribution in [0.5, 0.6) is 10.9 Å². The fraction of sp³-hybridized carbons (Fsp3) is 0. The van der Waals surface area contributed by atoms with Crippen LogP contribution in [0.4, 0.5) is 5.69 Å². The molecule has 3 aromatic carbocycles. The van der Waals surface area contributed by atoms with Crippen LogP contribution in [0, 0.1) is 0 Å². The Balaban J connectivity index is 1.51. The molecule has 0 saturated heterocycles. The number of para-hydroxylation sites is 1. The van der Waals surface area contributed by atoms with E-state index >= 15 is 0 Å². The van der Waals surface area contributed by atoms with Crippen molar-refractivity contribution in [1.29, 1.82) is 0 Å². The van der Waals surface area contributed by atoms with Gasteiger partial charge in [-0.15, -0.1) is 0 Å². The van der Waals surface area contributed by atoms with Gasteiger partial charge >= 0.3 is 0 Å². The number of carbonyl (C=O) groups is 1. The molecule has 0 atom stereocenters. The van der Waals surface area contributed by atoms with E-state index in [9.17, 15) is 4.79 Å². The third kappa shape index (κ3) is 4.04. The molecule has 0 fully saturated rings. The number of nitrogens with zero attached hydrogens (tertiary/aromatic N) is 1. The van der Waals surface area contributed by atoms with E-state index in [-0.39, 0.29) is 5.91 Å². The highest BCUT2D eigenvalue weighted by Crippen LogP contribution is 2.28. The Bertz CT molecular complexity index is 1030. The highest BCUT2D eigenvalue weighted by molar-refractivity contribution is 7.11. The van der Waals surface area contributed by atoms with Gasteiger partial charge in [-0.1, -0.05) is 59.9 Å². The smallest absolute Gasteiger partial charge is 0.278 e. The summed E-state index contributed by atoms with van der Waals surface area (Å²) in [5, 5.41) is 5.42. The van der Waals surface area contributed by atoms with E-state index in [1.807, 2.05) is 60.0 Å². The second-order valence-electron chi connectivity index (χ2n) is 5.79. The first-order valence-corrected chi connectivity index (χ1v) is 9.31. The summed E-state index contributed by atoms with van der Waals surface area (Å²) < 4.78 is 5.62. The molecule has 4 nitrogen and oxygen atoms in total. The number of hydrogen-bond acceptors (Lipinski definition) is 4. The van der Waals surface area contributed by atoms with Crippen molar-refractivity contribution in [1.82, 2.24) is 4.98 Å². The Morgan fingerprint density at radius 2 is 1.63 bits per heavy atom. The quantitative estimate of drug-likeness (QED) is 0.478. The topological polar surface area (TPSA) is 51.2 Å². The Labute approximate surface area is 161 Å². The van der Waals surface area contributed by atoms with Gasteiger partial charge in [-0.05, 0) is 35.9 Å². The van der Waals surface area contributed by atoms with Gasteiger partial charge in [0.1, 0.15) is 5.75 Å². The van der Waals surface area contributed by atoms with Gasteiger partial charge in [-0.2, -0.15) is 0 Å². The van der Waals surface area contributed by atoms with Crippen LogP contribution in [0.15, 0.2) is 90.4 Å². The number of amides is 1. The van der Waals surface area contributed by atoms with Crippen molar-refractivity contribution in [2.75, 3.05) is 5.32 Å². The summed E-state index contributed by atoms with van der Waals surface area (Å²) in [6.45, 7) is 0. The number of nitrogens with one attached hydrogen (secondary N) is 1. The van der Waals surface area contributed by atoms with Gasteiger partial charge in [-0.3, -0.25) is 4.79 Å². The van der Waals surface area contributed by atoms with Gasteiger partial charge in [0.05, 0.1) is 0 Å². The lowest BCUT2D eigenvalue weighted by Gasteiger charge is -2.11. The number of benzene rings is 3. The van der Waals surface area contributed by atoms with Gasteiger partial charge < -0.3 is 10.1 Å². The molecule has 0 spiro atoms. The molecular weight excluding hydrogens is 356 g/mol. The average molecular weight is 372 g/mol. The van der Waals surface area contributed by atoms with Gasteiger partial charge in [0, 0.05) is 28.4 Å². The lowest BCUT2D eigenvalue weighted by Crippen LogP contribution is -2.12. The fourth-order valence-electron chi connectivity index (χ4n) is 2.69. The van der Waals surface area contributed by atoms with Crippen molar-refractivity contribution < 1.29 is 9.53 Å². The summed E-state index contributed by atoms with van der Waals surface area (Å²) in [5.41, 5.74) is 3.37. The molecule has 1 aromatic heterocycles. The second-order valence-corrected chi connectivity index (χ2v) is 6.65. The SMILES string of the molecule is O=C(Nc1ccccc1-c1ccccc1)c1ccc(Oc2nccs2)cc1. The van der Waals surface area contributed by atoms with Gasteiger partial charge in [0.15, 0.2) is 0 Å². The third-order valence-corrected chi connectivity index (χ3v) is 4.64. The minimum atomic E-state index is -0.167. The van der Waals surface area contributed by atoms with Crippen molar-refractivity contribution in [2.24, 2.45) is 0 Å². The number of ether oxygens (including phenoxy) is 1. The second kappa shape index (κ2) is 7.85. The first-order chi connectivity index (χ1) is 13.3. The minimum absolute atomic E-state index is 0.167. The van der Waals surface area contributed by atoms with Crippen molar-refractivity contribution >= 4 is 22.9 Å².